The molecule has 2 heterocycles. The number of nitrogens with zero attached hydrogens (tertiary/aromatic N) is 4. The molecule has 0 aliphatic rings. The smallest absolute Gasteiger partial charge is 0.256 e. The Morgan fingerprint density at radius 1 is 1.36 bits per heavy atom. The Kier molecular flexibility index (Phi) is 4.51. The molecule has 1 aromatic carbocycles. The first-order chi connectivity index (χ1) is 12.0. The van der Waals surface area contributed by atoms with Gasteiger partial charge in [-0.25, -0.2) is 9.67 Å². The van der Waals surface area contributed by atoms with Crippen LogP contribution in [0.5, 0.6) is 5.88 Å². The molecule has 1 N–H and O–H groups in total. The minimum absolute atomic E-state index is 0.105. The van der Waals surface area contributed by atoms with Crippen molar-refractivity contribution in [3.8, 4) is 5.88 Å². The van der Waals surface area contributed by atoms with Crippen molar-refractivity contribution in [1.29, 1.82) is 0 Å². The highest BCUT2D eigenvalue weighted by Gasteiger charge is 2.12. The SMILES string of the molecule is COc1c2ccc(C(=O)NCCn3cncc(C)c3=O)cc2nn1C. The first kappa shape index (κ1) is 16.7. The summed E-state index contributed by atoms with van der Waals surface area (Å²) in [5, 5.41) is 7.98. The molecular formula is C17H19N5O3. The van der Waals surface area contributed by atoms with Crippen molar-refractivity contribution in [2.75, 3.05) is 13.7 Å². The van der Waals surface area contributed by atoms with Gasteiger partial charge in [0.25, 0.3) is 11.5 Å². The van der Waals surface area contributed by atoms with Crippen molar-refractivity contribution in [3.05, 3.63) is 52.2 Å². The Hall–Kier alpha value is -3.16. The highest BCUT2D eigenvalue weighted by Crippen LogP contribution is 2.25. The normalized spacial score (nSPS) is 10.8. The number of hydrogen-bond donors (Lipinski definition) is 1. The molecule has 0 saturated heterocycles. The third-order valence-corrected chi connectivity index (χ3v) is 3.95. The van der Waals surface area contributed by atoms with E-state index in [4.69, 9.17) is 4.74 Å². The van der Waals surface area contributed by atoms with Crippen LogP contribution in [0, 0.1) is 6.92 Å². The van der Waals surface area contributed by atoms with Gasteiger partial charge in [0.1, 0.15) is 0 Å². The van der Waals surface area contributed by atoms with Crippen LogP contribution in [0.25, 0.3) is 10.9 Å². The van der Waals surface area contributed by atoms with Crippen molar-refractivity contribution < 1.29 is 9.53 Å². The lowest BCUT2D eigenvalue weighted by molar-refractivity contribution is 0.0952. The van der Waals surface area contributed by atoms with E-state index in [-0.39, 0.29) is 11.5 Å². The maximum Gasteiger partial charge on any atom is 0.256 e. The maximum absolute atomic E-state index is 12.3. The van der Waals surface area contributed by atoms with Gasteiger partial charge in [0.05, 0.1) is 24.3 Å². The molecule has 0 unspecified atom stereocenters. The zero-order chi connectivity index (χ0) is 18.0. The predicted octanol–water partition coefficient (Wildman–Crippen LogP) is 0.877. The number of aryl methyl sites for hydroxylation is 2. The minimum atomic E-state index is -0.222. The molecular weight excluding hydrogens is 322 g/mol. The number of fused-ring (bicyclic) bond motifs is 1. The number of benzene rings is 1. The monoisotopic (exact) mass is 341 g/mol. The zero-order valence-corrected chi connectivity index (χ0v) is 14.3. The van der Waals surface area contributed by atoms with Crippen molar-refractivity contribution in [3.63, 3.8) is 0 Å². The number of rotatable bonds is 5. The Balaban J connectivity index is 1.70. The van der Waals surface area contributed by atoms with E-state index in [1.54, 1.807) is 37.9 Å². The number of carbonyl (C=O) groups excluding carboxylic acids is 1. The summed E-state index contributed by atoms with van der Waals surface area (Å²) in [6.07, 6.45) is 2.99. The zero-order valence-electron chi connectivity index (χ0n) is 14.3. The van der Waals surface area contributed by atoms with Crippen LogP contribution >= 0.6 is 0 Å². The topological polar surface area (TPSA) is 91.0 Å². The van der Waals surface area contributed by atoms with Crippen molar-refractivity contribution in [1.82, 2.24) is 24.6 Å². The highest BCUT2D eigenvalue weighted by atomic mass is 16.5. The molecule has 0 bridgehead atoms. The van der Waals surface area contributed by atoms with Gasteiger partial charge in [-0.05, 0) is 25.1 Å². The molecule has 130 valence electrons. The standard InChI is InChI=1S/C17H19N5O3/c1-11-9-18-10-22(16(11)24)7-6-19-15(23)12-4-5-13-14(8-12)20-21(2)17(13)25-3/h4-5,8-10H,6-7H2,1-3H3,(H,19,23). The molecule has 3 rings (SSSR count). The molecule has 0 saturated carbocycles. The summed E-state index contributed by atoms with van der Waals surface area (Å²) in [5.74, 6) is 0.425. The minimum Gasteiger partial charge on any atom is -0.481 e. The van der Waals surface area contributed by atoms with Gasteiger partial charge in [0.15, 0.2) is 0 Å². The highest BCUT2D eigenvalue weighted by molar-refractivity contribution is 5.98. The lowest BCUT2D eigenvalue weighted by atomic mass is 10.1. The fourth-order valence-electron chi connectivity index (χ4n) is 2.67. The quantitative estimate of drug-likeness (QED) is 0.744. The number of carbonyl (C=O) groups is 1. The molecule has 0 fully saturated rings. The van der Waals surface area contributed by atoms with E-state index in [2.05, 4.69) is 15.4 Å². The summed E-state index contributed by atoms with van der Waals surface area (Å²) < 4.78 is 8.40. The number of ether oxygens (including phenoxy) is 1. The van der Waals surface area contributed by atoms with Crippen LogP contribution in [0.3, 0.4) is 0 Å². The number of aromatic nitrogens is 4. The van der Waals surface area contributed by atoms with E-state index in [0.717, 1.165) is 5.39 Å². The van der Waals surface area contributed by atoms with Crippen LogP contribution in [0.15, 0.2) is 35.5 Å². The van der Waals surface area contributed by atoms with Crippen LogP contribution in [0.2, 0.25) is 0 Å². The lowest BCUT2D eigenvalue weighted by Crippen LogP contribution is -2.31. The van der Waals surface area contributed by atoms with Crippen molar-refractivity contribution >= 4 is 16.8 Å². The molecule has 8 nitrogen and oxygen atoms in total. The van der Waals surface area contributed by atoms with Crippen LogP contribution in [-0.4, -0.2) is 38.9 Å². The molecule has 0 spiro atoms. The second kappa shape index (κ2) is 6.76. The van der Waals surface area contributed by atoms with E-state index >= 15 is 0 Å². The number of amides is 1. The average molecular weight is 341 g/mol. The largest absolute Gasteiger partial charge is 0.481 e. The van der Waals surface area contributed by atoms with Gasteiger partial charge >= 0.3 is 0 Å². The van der Waals surface area contributed by atoms with Gasteiger partial charge in [-0.15, -0.1) is 0 Å². The van der Waals surface area contributed by atoms with Crippen molar-refractivity contribution in [2.24, 2.45) is 7.05 Å². The third-order valence-electron chi connectivity index (χ3n) is 3.95. The number of hydrogen-bond acceptors (Lipinski definition) is 5. The van der Waals surface area contributed by atoms with Crippen molar-refractivity contribution in [2.45, 2.75) is 13.5 Å². The molecule has 0 atom stereocenters. The third kappa shape index (κ3) is 3.23. The molecule has 0 radical (unpaired) electrons. The molecule has 2 aromatic heterocycles. The molecule has 0 aliphatic heterocycles. The van der Waals surface area contributed by atoms with E-state index < -0.39 is 0 Å². The van der Waals surface area contributed by atoms with E-state index in [0.29, 0.717) is 35.6 Å². The molecule has 25 heavy (non-hydrogen) atoms. The lowest BCUT2D eigenvalue weighted by Gasteiger charge is -2.08. The predicted molar refractivity (Wildman–Crippen MR) is 92.8 cm³/mol. The molecule has 0 aliphatic carbocycles. The second-order valence-electron chi connectivity index (χ2n) is 5.70. The first-order valence-corrected chi connectivity index (χ1v) is 7.81. The summed E-state index contributed by atoms with van der Waals surface area (Å²) in [7, 11) is 3.37. The van der Waals surface area contributed by atoms with Crippen LogP contribution < -0.4 is 15.6 Å². The number of methoxy groups -OCH3 is 1. The molecule has 3 aromatic rings. The fraction of sp³-hybridized carbons (Fsp3) is 0.294. The van der Waals surface area contributed by atoms with Gasteiger partial charge in [-0.1, -0.05) is 0 Å². The van der Waals surface area contributed by atoms with E-state index in [1.165, 1.54) is 17.1 Å². The average Bonchev–Trinajstić information content (AvgIpc) is 2.92. The van der Waals surface area contributed by atoms with Crippen LogP contribution in [-0.2, 0) is 13.6 Å². The van der Waals surface area contributed by atoms with Crippen LogP contribution in [0.4, 0.5) is 0 Å². The van der Waals surface area contributed by atoms with Gasteiger partial charge in [-0.3, -0.25) is 14.2 Å². The fourth-order valence-corrected chi connectivity index (χ4v) is 2.67. The van der Waals surface area contributed by atoms with Gasteiger partial charge in [0, 0.05) is 37.5 Å². The summed E-state index contributed by atoms with van der Waals surface area (Å²) in [4.78, 5) is 28.2. The Bertz CT molecular complexity index is 990. The molecule has 8 heteroatoms. The Labute approximate surface area is 144 Å². The van der Waals surface area contributed by atoms with E-state index in [9.17, 15) is 9.59 Å². The van der Waals surface area contributed by atoms with Gasteiger partial charge < -0.3 is 10.1 Å². The first-order valence-electron chi connectivity index (χ1n) is 7.81. The summed E-state index contributed by atoms with van der Waals surface area (Å²) >= 11 is 0. The molecule has 1 amide bonds. The second-order valence-corrected chi connectivity index (χ2v) is 5.70. The Morgan fingerprint density at radius 2 is 2.16 bits per heavy atom. The summed E-state index contributed by atoms with van der Waals surface area (Å²) in [6.45, 7) is 2.40. The van der Waals surface area contributed by atoms with Gasteiger partial charge in [-0.2, -0.15) is 5.10 Å². The maximum atomic E-state index is 12.3. The van der Waals surface area contributed by atoms with E-state index in [1.807, 2.05) is 6.07 Å². The van der Waals surface area contributed by atoms with Gasteiger partial charge in [0.2, 0.25) is 5.88 Å². The Morgan fingerprint density at radius 3 is 2.92 bits per heavy atom. The van der Waals surface area contributed by atoms with Crippen LogP contribution in [0.1, 0.15) is 15.9 Å². The number of nitrogens with one attached hydrogen (secondary N) is 1. The summed E-state index contributed by atoms with van der Waals surface area (Å²) in [6, 6.07) is 5.25. The summed E-state index contributed by atoms with van der Waals surface area (Å²) in [5.41, 5.74) is 1.66.